The average Bonchev–Trinajstić information content (AvgIpc) is 3.03. The van der Waals surface area contributed by atoms with Crippen LogP contribution in [0.5, 0.6) is 0 Å². The molecule has 0 amide bonds. The van der Waals surface area contributed by atoms with E-state index < -0.39 is 0 Å². The molecule has 2 aromatic heterocycles. The maximum absolute atomic E-state index is 9.18. The van der Waals surface area contributed by atoms with Crippen molar-refractivity contribution in [1.82, 2.24) is 0 Å². The van der Waals surface area contributed by atoms with E-state index in [1.54, 1.807) is 12.1 Å². The van der Waals surface area contributed by atoms with Gasteiger partial charge in [0.25, 0.3) is 0 Å². The number of nitrogen functional groups attached to an aromatic ring is 1. The topological polar surface area (TPSA) is 63.0 Å². The third kappa shape index (κ3) is 2.07. The van der Waals surface area contributed by atoms with Gasteiger partial charge in [-0.2, -0.15) is 5.26 Å². The number of halogens is 1. The van der Waals surface area contributed by atoms with Crippen LogP contribution < -0.4 is 5.73 Å². The summed E-state index contributed by atoms with van der Waals surface area (Å²) in [5.41, 5.74) is 8.35. The molecule has 0 spiro atoms. The second kappa shape index (κ2) is 5.04. The maximum atomic E-state index is 9.18. The van der Waals surface area contributed by atoms with E-state index in [9.17, 15) is 5.26 Å². The lowest BCUT2D eigenvalue weighted by Crippen LogP contribution is -1.88. The molecule has 0 bridgehead atoms. The number of benzene rings is 1. The Morgan fingerprint density at radius 2 is 1.90 bits per heavy atom. The molecular weight excluding hydrogens is 292 g/mol. The van der Waals surface area contributed by atoms with Crippen molar-refractivity contribution in [2.45, 2.75) is 0 Å². The Morgan fingerprint density at radius 1 is 1.15 bits per heavy atom. The summed E-state index contributed by atoms with van der Waals surface area (Å²) in [7, 11) is 0. The molecule has 98 valence electrons. The fourth-order valence-corrected chi connectivity index (χ4v) is 3.18. The minimum absolute atomic E-state index is 0.310. The third-order valence-corrected chi connectivity index (χ3v) is 4.23. The van der Waals surface area contributed by atoms with Crippen molar-refractivity contribution in [2.24, 2.45) is 0 Å². The fourth-order valence-electron chi connectivity index (χ4n) is 2.03. The standard InChI is InChI=1S/C15H9ClN2OS/c16-12-7-6-10(19-12)15-13(9-4-2-1-3-5-9)14(18)11(8-17)20-15/h1-7H,18H2. The van der Waals surface area contributed by atoms with E-state index >= 15 is 0 Å². The highest BCUT2D eigenvalue weighted by molar-refractivity contribution is 7.17. The molecule has 0 radical (unpaired) electrons. The first kappa shape index (κ1) is 12.8. The Hall–Kier alpha value is -2.22. The summed E-state index contributed by atoms with van der Waals surface area (Å²) in [6.07, 6.45) is 0. The minimum Gasteiger partial charge on any atom is -0.444 e. The monoisotopic (exact) mass is 300 g/mol. The number of anilines is 1. The van der Waals surface area contributed by atoms with Crippen LogP contribution in [0.1, 0.15) is 4.88 Å². The van der Waals surface area contributed by atoms with Crippen molar-refractivity contribution in [2.75, 3.05) is 5.73 Å². The predicted octanol–water partition coefficient (Wildman–Crippen LogP) is 4.78. The number of nitrogens with zero attached hydrogens (tertiary/aromatic N) is 1. The molecule has 5 heteroatoms. The Bertz CT molecular complexity index is 799. The largest absolute Gasteiger partial charge is 0.444 e. The SMILES string of the molecule is N#Cc1sc(-c2ccc(Cl)o2)c(-c2ccccc2)c1N. The van der Waals surface area contributed by atoms with Crippen molar-refractivity contribution in [3.8, 4) is 27.8 Å². The molecule has 1 aromatic carbocycles. The molecule has 0 aliphatic carbocycles. The Kier molecular flexibility index (Phi) is 3.23. The van der Waals surface area contributed by atoms with Crippen molar-refractivity contribution in [1.29, 1.82) is 5.26 Å². The van der Waals surface area contributed by atoms with E-state index in [4.69, 9.17) is 21.8 Å². The molecule has 0 saturated heterocycles. The van der Waals surface area contributed by atoms with E-state index in [1.165, 1.54) is 11.3 Å². The van der Waals surface area contributed by atoms with Crippen LogP contribution in [0.3, 0.4) is 0 Å². The first-order valence-electron chi connectivity index (χ1n) is 5.84. The second-order valence-corrected chi connectivity index (χ2v) is 5.52. The van der Waals surface area contributed by atoms with Crippen LogP contribution in [-0.4, -0.2) is 0 Å². The van der Waals surface area contributed by atoms with Crippen molar-refractivity contribution >= 4 is 28.6 Å². The fraction of sp³-hybridized carbons (Fsp3) is 0. The minimum atomic E-state index is 0.310. The molecule has 0 unspecified atom stereocenters. The van der Waals surface area contributed by atoms with Gasteiger partial charge in [-0.3, -0.25) is 0 Å². The molecule has 20 heavy (non-hydrogen) atoms. The number of hydrogen-bond donors (Lipinski definition) is 1. The van der Waals surface area contributed by atoms with Gasteiger partial charge in [0.05, 0.1) is 10.6 Å². The summed E-state index contributed by atoms with van der Waals surface area (Å²) >= 11 is 7.14. The third-order valence-electron chi connectivity index (χ3n) is 2.91. The molecule has 0 saturated carbocycles. The van der Waals surface area contributed by atoms with Crippen LogP contribution in [0.4, 0.5) is 5.69 Å². The normalized spacial score (nSPS) is 10.4. The summed E-state index contributed by atoms with van der Waals surface area (Å²) in [6, 6.07) is 15.3. The van der Waals surface area contributed by atoms with Gasteiger partial charge in [0.15, 0.2) is 5.22 Å². The van der Waals surface area contributed by atoms with E-state index in [0.717, 1.165) is 16.0 Å². The van der Waals surface area contributed by atoms with Crippen LogP contribution in [0.25, 0.3) is 21.8 Å². The summed E-state index contributed by atoms with van der Waals surface area (Å²) in [5, 5.41) is 9.49. The molecule has 0 fully saturated rings. The van der Waals surface area contributed by atoms with Gasteiger partial charge in [-0.25, -0.2) is 0 Å². The first-order valence-corrected chi connectivity index (χ1v) is 7.03. The lowest BCUT2D eigenvalue weighted by atomic mass is 10.0. The quantitative estimate of drug-likeness (QED) is 0.740. The van der Waals surface area contributed by atoms with Crippen molar-refractivity contribution in [3.63, 3.8) is 0 Å². The zero-order valence-corrected chi connectivity index (χ0v) is 11.8. The molecule has 3 aromatic rings. The van der Waals surface area contributed by atoms with Crippen molar-refractivity contribution < 1.29 is 4.42 Å². The molecular formula is C15H9ClN2OS. The lowest BCUT2D eigenvalue weighted by Gasteiger charge is -2.03. The number of nitrogens with two attached hydrogens (primary N) is 1. The summed E-state index contributed by atoms with van der Waals surface area (Å²) in [4.78, 5) is 1.29. The maximum Gasteiger partial charge on any atom is 0.193 e. The molecule has 2 N–H and O–H groups in total. The molecule has 3 nitrogen and oxygen atoms in total. The number of rotatable bonds is 2. The Morgan fingerprint density at radius 3 is 2.50 bits per heavy atom. The highest BCUT2D eigenvalue weighted by atomic mass is 35.5. The summed E-state index contributed by atoms with van der Waals surface area (Å²) in [6.45, 7) is 0. The van der Waals surface area contributed by atoms with Gasteiger partial charge in [-0.05, 0) is 29.3 Å². The van der Waals surface area contributed by atoms with Crippen LogP contribution in [0.2, 0.25) is 5.22 Å². The summed E-state index contributed by atoms with van der Waals surface area (Å²) in [5.74, 6) is 0.618. The Labute approximate surface area is 124 Å². The summed E-state index contributed by atoms with van der Waals surface area (Å²) < 4.78 is 5.46. The van der Waals surface area contributed by atoms with Gasteiger partial charge in [0.1, 0.15) is 16.7 Å². The van der Waals surface area contributed by atoms with Gasteiger partial charge >= 0.3 is 0 Å². The van der Waals surface area contributed by atoms with Crippen molar-refractivity contribution in [3.05, 3.63) is 52.6 Å². The molecule has 3 rings (SSSR count). The van der Waals surface area contributed by atoms with Crippen LogP contribution >= 0.6 is 22.9 Å². The van der Waals surface area contributed by atoms with Gasteiger partial charge in [-0.1, -0.05) is 30.3 Å². The van der Waals surface area contributed by atoms with Gasteiger partial charge in [-0.15, -0.1) is 11.3 Å². The smallest absolute Gasteiger partial charge is 0.193 e. The number of furan rings is 1. The number of hydrogen-bond acceptors (Lipinski definition) is 4. The molecule has 2 heterocycles. The number of thiophene rings is 1. The second-order valence-electron chi connectivity index (χ2n) is 4.13. The van der Waals surface area contributed by atoms with Crippen LogP contribution in [0.15, 0.2) is 46.9 Å². The molecule has 0 atom stereocenters. The molecule has 0 aliphatic rings. The molecule has 0 aliphatic heterocycles. The van der Waals surface area contributed by atoms with Gasteiger partial charge in [0, 0.05) is 5.56 Å². The average molecular weight is 301 g/mol. The van der Waals surface area contributed by atoms with Gasteiger partial charge < -0.3 is 10.2 Å². The zero-order valence-electron chi connectivity index (χ0n) is 10.3. The zero-order chi connectivity index (χ0) is 14.1. The van der Waals surface area contributed by atoms with Gasteiger partial charge in [0.2, 0.25) is 0 Å². The highest BCUT2D eigenvalue weighted by Gasteiger charge is 2.20. The van der Waals surface area contributed by atoms with Crippen LogP contribution in [-0.2, 0) is 0 Å². The van der Waals surface area contributed by atoms with Crippen LogP contribution in [0, 0.1) is 11.3 Å². The predicted molar refractivity (Wildman–Crippen MR) is 81.6 cm³/mol. The van der Waals surface area contributed by atoms with E-state index in [-0.39, 0.29) is 0 Å². The van der Waals surface area contributed by atoms with E-state index in [0.29, 0.717) is 21.5 Å². The first-order chi connectivity index (χ1) is 9.70. The number of nitriles is 1. The van der Waals surface area contributed by atoms with E-state index in [2.05, 4.69) is 6.07 Å². The Balaban J connectivity index is 2.28. The highest BCUT2D eigenvalue weighted by Crippen LogP contribution is 2.45. The van der Waals surface area contributed by atoms with E-state index in [1.807, 2.05) is 30.3 Å². The lowest BCUT2D eigenvalue weighted by molar-refractivity contribution is 0.586.